The van der Waals surface area contributed by atoms with E-state index in [4.69, 9.17) is 5.11 Å². The predicted octanol–water partition coefficient (Wildman–Crippen LogP) is 2.60. The number of carbonyl (C=O) groups is 2. The van der Waals surface area contributed by atoms with Gasteiger partial charge in [0.15, 0.2) is 5.17 Å². The Morgan fingerprint density at radius 3 is 2.75 bits per heavy atom. The summed E-state index contributed by atoms with van der Waals surface area (Å²) in [6.07, 6.45) is 5.94. The van der Waals surface area contributed by atoms with Gasteiger partial charge in [-0.2, -0.15) is 5.10 Å². The summed E-state index contributed by atoms with van der Waals surface area (Å²) in [5.74, 6) is -1.72. The van der Waals surface area contributed by atoms with Crippen molar-refractivity contribution in [3.63, 3.8) is 0 Å². The van der Waals surface area contributed by atoms with Crippen LogP contribution >= 0.6 is 11.8 Å². The Morgan fingerprint density at radius 2 is 2.07 bits per heavy atom. The zero-order valence-electron chi connectivity index (χ0n) is 15.4. The molecule has 28 heavy (non-hydrogen) atoms. The topological polar surface area (TPSA) is 94.4 Å². The van der Waals surface area contributed by atoms with E-state index < -0.39 is 17.1 Å². The molecule has 0 radical (unpaired) electrons. The largest absolute Gasteiger partial charge is 0.481 e. The molecule has 2 fully saturated rings. The van der Waals surface area contributed by atoms with E-state index in [0.29, 0.717) is 17.7 Å². The van der Waals surface area contributed by atoms with Gasteiger partial charge in [0, 0.05) is 12.1 Å². The van der Waals surface area contributed by atoms with Crippen molar-refractivity contribution >= 4 is 35.0 Å². The van der Waals surface area contributed by atoms with Crippen molar-refractivity contribution in [2.45, 2.75) is 43.9 Å². The molecule has 1 amide bonds. The number of amidine groups is 1. The number of carboxylic acid groups (broad SMARTS) is 1. The van der Waals surface area contributed by atoms with Gasteiger partial charge in [-0.1, -0.05) is 36.7 Å². The zero-order chi connectivity index (χ0) is 19.9. The zero-order valence-corrected chi connectivity index (χ0v) is 16.3. The van der Waals surface area contributed by atoms with Gasteiger partial charge >= 0.3 is 5.97 Å². The van der Waals surface area contributed by atoms with Crippen molar-refractivity contribution in [3.8, 4) is 0 Å². The van der Waals surface area contributed by atoms with Gasteiger partial charge in [0.05, 0.1) is 12.6 Å². The lowest BCUT2D eigenvalue weighted by molar-refractivity contribution is -0.138. The Hall–Kier alpha value is -2.26. The summed E-state index contributed by atoms with van der Waals surface area (Å²) in [6, 6.07) is 4.97. The molecule has 0 aromatic heterocycles. The minimum Gasteiger partial charge on any atom is -0.481 e. The number of hydrogen-bond acceptors (Lipinski definition) is 6. The van der Waals surface area contributed by atoms with E-state index in [2.05, 4.69) is 20.4 Å². The summed E-state index contributed by atoms with van der Waals surface area (Å²) in [4.78, 5) is 24.6. The molecule has 2 heterocycles. The maximum Gasteiger partial charge on any atom is 0.305 e. The van der Waals surface area contributed by atoms with Crippen molar-refractivity contribution in [1.29, 1.82) is 0 Å². The molecule has 0 bridgehead atoms. The van der Waals surface area contributed by atoms with E-state index in [1.165, 1.54) is 25.1 Å². The number of nitrogens with zero attached hydrogens (tertiary/aromatic N) is 3. The molecule has 3 rings (SSSR count). The van der Waals surface area contributed by atoms with Crippen molar-refractivity contribution in [1.82, 2.24) is 10.2 Å². The quantitative estimate of drug-likeness (QED) is 0.559. The van der Waals surface area contributed by atoms with Gasteiger partial charge in [-0.3, -0.25) is 14.5 Å². The van der Waals surface area contributed by atoms with Crippen molar-refractivity contribution in [2.24, 2.45) is 10.2 Å². The third-order valence-corrected chi connectivity index (χ3v) is 5.73. The van der Waals surface area contributed by atoms with Crippen LogP contribution in [0.1, 0.15) is 43.2 Å². The summed E-state index contributed by atoms with van der Waals surface area (Å²) in [7, 11) is 0. The van der Waals surface area contributed by atoms with Gasteiger partial charge in [-0.05, 0) is 37.6 Å². The standard InChI is InChI=1S/C19H23FN4O3S/c20-15-9-13(5-6-14(15)12-24-7-3-1-2-4-8-24)11-21-23-19-22-18(27)16(28-19)10-17(25)26/h5-6,9,11,16H,1-4,7-8,10,12H2,(H,25,26)(H,22,23,27). The highest BCUT2D eigenvalue weighted by Gasteiger charge is 2.32. The number of halogens is 1. The molecule has 1 aromatic carbocycles. The third-order valence-electron chi connectivity index (χ3n) is 4.66. The van der Waals surface area contributed by atoms with E-state index >= 15 is 0 Å². The Balaban J connectivity index is 1.58. The lowest BCUT2D eigenvalue weighted by Crippen LogP contribution is -2.26. The molecule has 1 aromatic rings. The number of rotatable bonds is 6. The van der Waals surface area contributed by atoms with Gasteiger partial charge in [-0.15, -0.1) is 5.10 Å². The number of likely N-dealkylation sites (tertiary alicyclic amines) is 1. The van der Waals surface area contributed by atoms with Crippen LogP contribution in [0.5, 0.6) is 0 Å². The van der Waals surface area contributed by atoms with Crippen molar-refractivity contribution < 1.29 is 19.1 Å². The first kappa shape index (κ1) is 20.5. The molecule has 0 aliphatic carbocycles. The second-order valence-corrected chi connectivity index (χ2v) is 8.08. The molecule has 2 aliphatic rings. The summed E-state index contributed by atoms with van der Waals surface area (Å²) in [6.45, 7) is 2.62. The van der Waals surface area contributed by atoms with Gasteiger partial charge in [0.2, 0.25) is 5.91 Å². The van der Waals surface area contributed by atoms with Crippen LogP contribution in [0.2, 0.25) is 0 Å². The van der Waals surface area contributed by atoms with Gasteiger partial charge in [0.1, 0.15) is 11.1 Å². The predicted molar refractivity (Wildman–Crippen MR) is 107 cm³/mol. The molecule has 9 heteroatoms. The Labute approximate surface area is 167 Å². The minimum atomic E-state index is -1.05. The highest BCUT2D eigenvalue weighted by atomic mass is 32.2. The lowest BCUT2D eigenvalue weighted by Gasteiger charge is -2.20. The normalized spacial score (nSPS) is 22.5. The van der Waals surface area contributed by atoms with Crippen LogP contribution in [0.15, 0.2) is 28.4 Å². The van der Waals surface area contributed by atoms with Crippen molar-refractivity contribution in [2.75, 3.05) is 13.1 Å². The van der Waals surface area contributed by atoms with Crippen molar-refractivity contribution in [3.05, 3.63) is 35.1 Å². The fourth-order valence-corrected chi connectivity index (χ4v) is 4.12. The van der Waals surface area contributed by atoms with E-state index in [0.717, 1.165) is 37.7 Å². The molecule has 1 unspecified atom stereocenters. The van der Waals surface area contributed by atoms with Crippen LogP contribution in [0, 0.1) is 5.82 Å². The molecule has 1 atom stereocenters. The number of carbonyl (C=O) groups excluding carboxylic acids is 1. The van der Waals surface area contributed by atoms with Crippen LogP contribution in [-0.4, -0.2) is 51.6 Å². The Morgan fingerprint density at radius 1 is 1.32 bits per heavy atom. The monoisotopic (exact) mass is 406 g/mol. The lowest BCUT2D eigenvalue weighted by atomic mass is 10.1. The molecule has 2 saturated heterocycles. The van der Waals surface area contributed by atoms with E-state index in [1.807, 2.05) is 0 Å². The molecule has 0 saturated carbocycles. The smallest absolute Gasteiger partial charge is 0.305 e. The number of hydrogen-bond donors (Lipinski definition) is 2. The summed E-state index contributed by atoms with van der Waals surface area (Å²) in [5, 5.41) is 18.5. The molecule has 2 aliphatic heterocycles. The summed E-state index contributed by atoms with van der Waals surface area (Å²) >= 11 is 1.02. The first-order valence-corrected chi connectivity index (χ1v) is 10.2. The number of thioether (sulfide) groups is 1. The molecule has 0 spiro atoms. The van der Waals surface area contributed by atoms with Crippen LogP contribution in [0.3, 0.4) is 0 Å². The number of amides is 1. The maximum atomic E-state index is 14.4. The van der Waals surface area contributed by atoms with Crippen LogP contribution in [0.25, 0.3) is 0 Å². The fourth-order valence-electron chi connectivity index (χ4n) is 3.20. The number of carboxylic acids is 1. The minimum absolute atomic E-state index is 0.241. The van der Waals surface area contributed by atoms with Gasteiger partial charge < -0.3 is 10.4 Å². The summed E-state index contributed by atoms with van der Waals surface area (Å²) < 4.78 is 14.4. The Bertz CT molecular complexity index is 791. The van der Waals surface area contributed by atoms with Crippen LogP contribution in [0.4, 0.5) is 4.39 Å². The second kappa shape index (κ2) is 9.79. The third kappa shape index (κ3) is 5.87. The number of benzene rings is 1. The van der Waals surface area contributed by atoms with Crippen LogP contribution < -0.4 is 5.32 Å². The maximum absolute atomic E-state index is 14.4. The molecule has 150 valence electrons. The Kier molecular flexibility index (Phi) is 7.16. The fraction of sp³-hybridized carbons (Fsp3) is 0.474. The summed E-state index contributed by atoms with van der Waals surface area (Å²) in [5.41, 5.74) is 1.23. The highest BCUT2D eigenvalue weighted by molar-refractivity contribution is 8.15. The first-order valence-electron chi connectivity index (χ1n) is 9.32. The molecule has 7 nitrogen and oxygen atoms in total. The van der Waals surface area contributed by atoms with Gasteiger partial charge in [-0.25, -0.2) is 4.39 Å². The van der Waals surface area contributed by atoms with E-state index in [-0.39, 0.29) is 17.4 Å². The molecular formula is C19H23FN4O3S. The SMILES string of the molecule is O=C(O)CC1SC(=NN=Cc2ccc(CN3CCCCCC3)c(F)c2)NC1=O. The molecule has 2 N–H and O–H groups in total. The average molecular weight is 406 g/mol. The number of aliphatic carboxylic acids is 1. The highest BCUT2D eigenvalue weighted by Crippen LogP contribution is 2.22. The van der Waals surface area contributed by atoms with E-state index in [1.54, 1.807) is 12.1 Å². The number of nitrogens with one attached hydrogen (secondary N) is 1. The first-order chi connectivity index (χ1) is 13.5. The van der Waals surface area contributed by atoms with Crippen LogP contribution in [-0.2, 0) is 16.1 Å². The van der Waals surface area contributed by atoms with E-state index in [9.17, 15) is 14.0 Å². The average Bonchev–Trinajstić information content (AvgIpc) is 2.83. The second-order valence-electron chi connectivity index (χ2n) is 6.88. The van der Waals surface area contributed by atoms with Gasteiger partial charge in [0.25, 0.3) is 0 Å². The molecular weight excluding hydrogens is 383 g/mol.